The molecule has 5 heteroatoms. The van der Waals surface area contributed by atoms with Gasteiger partial charge in [0.25, 0.3) is 0 Å². The van der Waals surface area contributed by atoms with Gasteiger partial charge in [-0.2, -0.15) is 0 Å². The average Bonchev–Trinajstić information content (AvgIpc) is 2.82. The predicted molar refractivity (Wildman–Crippen MR) is 73.8 cm³/mol. The summed E-state index contributed by atoms with van der Waals surface area (Å²) in [4.78, 5) is 10.1. The van der Waals surface area contributed by atoms with E-state index in [4.69, 9.17) is 11.6 Å². The van der Waals surface area contributed by atoms with E-state index >= 15 is 0 Å². The first-order valence-corrected chi connectivity index (χ1v) is 6.85. The predicted octanol–water partition coefficient (Wildman–Crippen LogP) is 1.71. The second kappa shape index (κ2) is 5.26. The number of alkyl halides is 1. The van der Waals surface area contributed by atoms with Crippen molar-refractivity contribution in [3.05, 3.63) is 29.6 Å². The van der Waals surface area contributed by atoms with E-state index in [-0.39, 0.29) is 0 Å². The highest BCUT2D eigenvalue weighted by molar-refractivity contribution is 6.16. The van der Waals surface area contributed by atoms with Crippen molar-refractivity contribution in [2.24, 2.45) is 0 Å². The number of fused-ring (bicyclic) bond motifs is 1. The molecule has 1 aliphatic rings. The number of nitrogens with zero attached hydrogens (tertiary/aromatic N) is 2. The maximum Gasteiger partial charge on any atom is 0.122 e. The van der Waals surface area contributed by atoms with Crippen LogP contribution < -0.4 is 5.32 Å². The second-order valence-corrected chi connectivity index (χ2v) is 4.96. The number of halogens is 1. The molecule has 0 atom stereocenters. The maximum absolute atomic E-state index is 5.78. The number of benzene rings is 1. The Labute approximate surface area is 111 Å². The van der Waals surface area contributed by atoms with E-state index in [0.717, 1.165) is 49.6 Å². The van der Waals surface area contributed by atoms with Crippen molar-refractivity contribution >= 4 is 22.6 Å². The molecule has 2 aromatic rings. The van der Waals surface area contributed by atoms with Gasteiger partial charge in [-0.3, -0.25) is 4.90 Å². The fraction of sp³-hybridized carbons (Fsp3) is 0.462. The Balaban J connectivity index is 1.79. The molecule has 3 rings (SSSR count). The monoisotopic (exact) mass is 264 g/mol. The van der Waals surface area contributed by atoms with Crippen molar-refractivity contribution in [1.82, 2.24) is 20.2 Å². The number of piperazine rings is 1. The molecular weight excluding hydrogens is 248 g/mol. The zero-order valence-corrected chi connectivity index (χ0v) is 11.0. The van der Waals surface area contributed by atoms with Crippen molar-refractivity contribution < 1.29 is 0 Å². The topological polar surface area (TPSA) is 44.0 Å². The van der Waals surface area contributed by atoms with Crippen LogP contribution in [-0.4, -0.2) is 41.0 Å². The highest BCUT2D eigenvalue weighted by Crippen LogP contribution is 2.16. The molecule has 2 N–H and O–H groups in total. The minimum atomic E-state index is 0.432. The first kappa shape index (κ1) is 12.0. The summed E-state index contributed by atoms with van der Waals surface area (Å²) >= 11 is 5.78. The van der Waals surface area contributed by atoms with Crippen LogP contribution in [0, 0.1) is 0 Å². The van der Waals surface area contributed by atoms with Crippen molar-refractivity contribution in [3.63, 3.8) is 0 Å². The van der Waals surface area contributed by atoms with Crippen LogP contribution in [0.3, 0.4) is 0 Å². The quantitative estimate of drug-likeness (QED) is 0.830. The molecule has 1 fully saturated rings. The highest BCUT2D eigenvalue weighted by atomic mass is 35.5. The molecule has 0 spiro atoms. The third kappa shape index (κ3) is 2.51. The molecule has 0 saturated carbocycles. The van der Waals surface area contributed by atoms with Gasteiger partial charge in [-0.05, 0) is 17.7 Å². The van der Waals surface area contributed by atoms with Crippen LogP contribution in [-0.2, 0) is 12.4 Å². The van der Waals surface area contributed by atoms with E-state index in [0.29, 0.717) is 5.88 Å². The minimum Gasteiger partial charge on any atom is -0.341 e. The summed E-state index contributed by atoms with van der Waals surface area (Å²) in [5.41, 5.74) is 3.40. The highest BCUT2D eigenvalue weighted by Gasteiger charge is 2.10. The third-order valence-corrected chi connectivity index (χ3v) is 3.59. The number of imidazole rings is 1. The summed E-state index contributed by atoms with van der Waals surface area (Å²) in [6.45, 7) is 5.42. The van der Waals surface area contributed by atoms with Crippen LogP contribution in [0.2, 0.25) is 0 Å². The SMILES string of the molecule is ClCc1nc2ccc(CN3CCNCC3)cc2[nH]1. The average molecular weight is 265 g/mol. The van der Waals surface area contributed by atoms with Crippen molar-refractivity contribution in [3.8, 4) is 0 Å². The lowest BCUT2D eigenvalue weighted by molar-refractivity contribution is 0.233. The Hall–Kier alpha value is -1.10. The summed E-state index contributed by atoms with van der Waals surface area (Å²) in [5, 5.41) is 3.37. The van der Waals surface area contributed by atoms with Crippen molar-refractivity contribution in [2.75, 3.05) is 26.2 Å². The van der Waals surface area contributed by atoms with Gasteiger partial charge in [0.15, 0.2) is 0 Å². The molecule has 96 valence electrons. The molecule has 1 aromatic heterocycles. The molecule has 0 unspecified atom stereocenters. The van der Waals surface area contributed by atoms with Crippen LogP contribution >= 0.6 is 11.6 Å². The number of H-pyrrole nitrogens is 1. The van der Waals surface area contributed by atoms with Gasteiger partial charge >= 0.3 is 0 Å². The third-order valence-electron chi connectivity index (χ3n) is 3.34. The zero-order valence-electron chi connectivity index (χ0n) is 10.2. The molecule has 0 radical (unpaired) electrons. The van der Waals surface area contributed by atoms with E-state index in [1.807, 2.05) is 0 Å². The molecule has 18 heavy (non-hydrogen) atoms. The van der Waals surface area contributed by atoms with E-state index < -0.39 is 0 Å². The van der Waals surface area contributed by atoms with Gasteiger partial charge in [-0.1, -0.05) is 6.07 Å². The number of hydrogen-bond donors (Lipinski definition) is 2. The Morgan fingerprint density at radius 3 is 2.89 bits per heavy atom. The first-order valence-electron chi connectivity index (χ1n) is 6.32. The lowest BCUT2D eigenvalue weighted by Gasteiger charge is -2.27. The Morgan fingerprint density at radius 2 is 2.11 bits per heavy atom. The maximum atomic E-state index is 5.78. The van der Waals surface area contributed by atoms with E-state index in [2.05, 4.69) is 38.4 Å². The van der Waals surface area contributed by atoms with Crippen molar-refractivity contribution in [1.29, 1.82) is 0 Å². The fourth-order valence-electron chi connectivity index (χ4n) is 2.40. The number of hydrogen-bond acceptors (Lipinski definition) is 3. The van der Waals surface area contributed by atoms with E-state index in [1.54, 1.807) is 0 Å². The summed E-state index contributed by atoms with van der Waals surface area (Å²) in [6, 6.07) is 6.41. The smallest absolute Gasteiger partial charge is 0.122 e. The Bertz CT molecular complexity index is 531. The number of aromatic nitrogens is 2. The summed E-state index contributed by atoms with van der Waals surface area (Å²) < 4.78 is 0. The standard InChI is InChI=1S/C13H17ClN4/c14-8-13-16-11-2-1-10(7-12(11)17-13)9-18-5-3-15-4-6-18/h1-2,7,15H,3-6,8-9H2,(H,16,17). The molecule has 0 amide bonds. The van der Waals surface area contributed by atoms with Gasteiger partial charge in [0.05, 0.1) is 16.9 Å². The van der Waals surface area contributed by atoms with Crippen LogP contribution in [0.1, 0.15) is 11.4 Å². The van der Waals surface area contributed by atoms with Gasteiger partial charge in [-0.15, -0.1) is 11.6 Å². The first-order chi connectivity index (χ1) is 8.85. The number of nitrogens with one attached hydrogen (secondary N) is 2. The lowest BCUT2D eigenvalue weighted by atomic mass is 10.2. The van der Waals surface area contributed by atoms with Gasteiger partial charge < -0.3 is 10.3 Å². The Morgan fingerprint density at radius 1 is 1.28 bits per heavy atom. The van der Waals surface area contributed by atoms with Crippen LogP contribution in [0.15, 0.2) is 18.2 Å². The second-order valence-electron chi connectivity index (χ2n) is 4.69. The zero-order chi connectivity index (χ0) is 12.4. The number of rotatable bonds is 3. The normalized spacial score (nSPS) is 17.4. The van der Waals surface area contributed by atoms with Crippen LogP contribution in [0.25, 0.3) is 11.0 Å². The van der Waals surface area contributed by atoms with Crippen LogP contribution in [0.5, 0.6) is 0 Å². The van der Waals surface area contributed by atoms with E-state index in [9.17, 15) is 0 Å². The Kier molecular flexibility index (Phi) is 3.50. The van der Waals surface area contributed by atoms with Crippen LogP contribution in [0.4, 0.5) is 0 Å². The molecule has 1 aromatic carbocycles. The molecule has 2 heterocycles. The minimum absolute atomic E-state index is 0.432. The molecule has 4 nitrogen and oxygen atoms in total. The van der Waals surface area contributed by atoms with Gasteiger partial charge in [0, 0.05) is 32.7 Å². The van der Waals surface area contributed by atoms with Gasteiger partial charge in [0.1, 0.15) is 5.82 Å². The lowest BCUT2D eigenvalue weighted by Crippen LogP contribution is -2.42. The molecule has 0 aliphatic carbocycles. The van der Waals surface area contributed by atoms with Gasteiger partial charge in [-0.25, -0.2) is 4.98 Å². The molecule has 0 bridgehead atoms. The summed E-state index contributed by atoms with van der Waals surface area (Å²) in [6.07, 6.45) is 0. The van der Waals surface area contributed by atoms with E-state index in [1.165, 1.54) is 5.56 Å². The molecule has 1 aliphatic heterocycles. The molecular formula is C13H17ClN4. The number of aromatic amines is 1. The van der Waals surface area contributed by atoms with Crippen molar-refractivity contribution in [2.45, 2.75) is 12.4 Å². The summed E-state index contributed by atoms with van der Waals surface area (Å²) in [5.74, 6) is 1.27. The van der Waals surface area contributed by atoms with Gasteiger partial charge in [0.2, 0.25) is 0 Å². The molecule has 1 saturated heterocycles. The largest absolute Gasteiger partial charge is 0.341 e. The summed E-state index contributed by atoms with van der Waals surface area (Å²) in [7, 11) is 0. The fourth-order valence-corrected chi connectivity index (χ4v) is 2.53.